The highest BCUT2D eigenvalue weighted by Crippen LogP contribution is 2.36. The number of carbonyl (C=O) groups is 2. The summed E-state index contributed by atoms with van der Waals surface area (Å²) in [5.74, 6) is 0.0792. The minimum absolute atomic E-state index is 0.170. The molecule has 1 aliphatic rings. The Balaban J connectivity index is 1.74. The Morgan fingerprint density at radius 3 is 2.48 bits per heavy atom. The molecule has 0 atom stereocenters. The van der Waals surface area contributed by atoms with Crippen LogP contribution in [0.15, 0.2) is 46.3 Å². The van der Waals surface area contributed by atoms with Crippen LogP contribution in [0.5, 0.6) is 11.5 Å². The van der Waals surface area contributed by atoms with Crippen molar-refractivity contribution in [3.05, 3.63) is 56.9 Å². The second-order valence-corrected chi connectivity index (χ2v) is 7.93. The van der Waals surface area contributed by atoms with Gasteiger partial charge in [0.2, 0.25) is 0 Å². The average molecular weight is 481 g/mol. The van der Waals surface area contributed by atoms with Crippen LogP contribution in [0.25, 0.3) is 6.08 Å². The van der Waals surface area contributed by atoms with E-state index in [0.717, 1.165) is 5.75 Å². The van der Waals surface area contributed by atoms with Crippen LogP contribution in [0.4, 0.5) is 5.69 Å². The molecule has 1 amide bonds. The monoisotopic (exact) mass is 480 g/mol. The molecular weight excluding hydrogens is 463 g/mol. The lowest BCUT2D eigenvalue weighted by Crippen LogP contribution is -2.19. The van der Waals surface area contributed by atoms with Crippen molar-refractivity contribution < 1.29 is 23.8 Å². The van der Waals surface area contributed by atoms with E-state index in [2.05, 4.69) is 10.3 Å². The number of benzene rings is 2. The fourth-order valence-electron chi connectivity index (χ4n) is 2.54. The average Bonchev–Trinajstić information content (AvgIpc) is 3.06. The van der Waals surface area contributed by atoms with Gasteiger partial charge < -0.3 is 19.5 Å². The van der Waals surface area contributed by atoms with Crippen molar-refractivity contribution in [3.63, 3.8) is 0 Å². The van der Waals surface area contributed by atoms with Gasteiger partial charge in [0, 0.05) is 0 Å². The molecule has 0 spiro atoms. The number of halogens is 2. The lowest BCUT2D eigenvalue weighted by molar-refractivity contribution is -0.145. The number of hydrogen-bond donors (Lipinski definition) is 1. The van der Waals surface area contributed by atoms with E-state index in [-0.39, 0.29) is 34.9 Å². The molecule has 0 aromatic heterocycles. The molecule has 1 fully saturated rings. The lowest BCUT2D eigenvalue weighted by atomic mass is 10.2. The van der Waals surface area contributed by atoms with Gasteiger partial charge in [-0.25, -0.2) is 9.79 Å². The quantitative estimate of drug-likeness (QED) is 0.450. The van der Waals surface area contributed by atoms with Gasteiger partial charge in [0.1, 0.15) is 5.75 Å². The smallest absolute Gasteiger partial charge is 0.344 e. The molecule has 162 valence electrons. The predicted octanol–water partition coefficient (Wildman–Crippen LogP) is 4.84. The molecule has 0 saturated carbocycles. The maximum Gasteiger partial charge on any atom is 0.344 e. The van der Waals surface area contributed by atoms with Crippen molar-refractivity contribution in [1.29, 1.82) is 0 Å². The van der Waals surface area contributed by atoms with E-state index in [1.165, 1.54) is 11.8 Å². The molecule has 1 heterocycles. The van der Waals surface area contributed by atoms with Crippen LogP contribution in [0.1, 0.15) is 12.5 Å². The van der Waals surface area contributed by atoms with Gasteiger partial charge in [0.25, 0.3) is 5.91 Å². The first-order valence-electron chi connectivity index (χ1n) is 9.10. The highest BCUT2D eigenvalue weighted by molar-refractivity contribution is 8.18. The molecule has 0 bridgehead atoms. The number of amides is 1. The number of esters is 1. The van der Waals surface area contributed by atoms with Crippen LogP contribution in [-0.4, -0.2) is 37.4 Å². The Kier molecular flexibility index (Phi) is 7.84. The van der Waals surface area contributed by atoms with Gasteiger partial charge in [0.05, 0.1) is 34.4 Å². The van der Waals surface area contributed by atoms with E-state index < -0.39 is 5.97 Å². The summed E-state index contributed by atoms with van der Waals surface area (Å²) in [4.78, 5) is 28.6. The normalized spacial score (nSPS) is 15.8. The number of nitrogens with one attached hydrogen (secondary N) is 1. The number of aliphatic imine (C=N–C) groups is 1. The van der Waals surface area contributed by atoms with E-state index in [1.54, 1.807) is 56.5 Å². The molecule has 0 aliphatic carbocycles. The standard InChI is InChI=1S/C21H18Cl2N2O5S/c1-3-29-18(26)11-30-19-15(22)8-12(9-16(19)23)10-17-20(27)25-21(31-17)24-13-4-6-14(28-2)7-5-13/h4-10H,3,11H2,1-2H3,(H,24,25,27). The molecule has 0 unspecified atom stereocenters. The van der Waals surface area contributed by atoms with E-state index in [0.29, 0.717) is 21.3 Å². The van der Waals surface area contributed by atoms with Gasteiger partial charge >= 0.3 is 5.97 Å². The third-order valence-electron chi connectivity index (χ3n) is 3.91. The summed E-state index contributed by atoms with van der Waals surface area (Å²) >= 11 is 13.7. The van der Waals surface area contributed by atoms with Crippen molar-refractivity contribution in [2.24, 2.45) is 4.99 Å². The lowest BCUT2D eigenvalue weighted by Gasteiger charge is -2.10. The summed E-state index contributed by atoms with van der Waals surface area (Å²) in [5, 5.41) is 3.59. The number of thioether (sulfide) groups is 1. The first kappa shape index (κ1) is 23.0. The molecule has 31 heavy (non-hydrogen) atoms. The zero-order valence-electron chi connectivity index (χ0n) is 16.6. The molecule has 2 aromatic rings. The van der Waals surface area contributed by atoms with Gasteiger partial charge in [-0.05, 0) is 66.7 Å². The zero-order valence-corrected chi connectivity index (χ0v) is 18.9. The number of hydrogen-bond acceptors (Lipinski definition) is 7. The Morgan fingerprint density at radius 1 is 1.19 bits per heavy atom. The first-order valence-corrected chi connectivity index (χ1v) is 10.7. The molecule has 0 radical (unpaired) electrons. The van der Waals surface area contributed by atoms with Crippen LogP contribution in [0.3, 0.4) is 0 Å². The van der Waals surface area contributed by atoms with Crippen molar-refractivity contribution in [1.82, 2.24) is 5.32 Å². The van der Waals surface area contributed by atoms with Crippen LogP contribution in [-0.2, 0) is 14.3 Å². The SMILES string of the molecule is CCOC(=O)COc1c(Cl)cc(C=C2SC(=Nc3ccc(OC)cc3)NC2=O)cc1Cl. The second-order valence-electron chi connectivity index (χ2n) is 6.09. The summed E-state index contributed by atoms with van der Waals surface area (Å²) < 4.78 is 15.3. The second kappa shape index (κ2) is 10.6. The highest BCUT2D eigenvalue weighted by Gasteiger charge is 2.24. The molecule has 2 aromatic carbocycles. The first-order chi connectivity index (χ1) is 14.9. The fourth-order valence-corrected chi connectivity index (χ4v) is 4.00. The van der Waals surface area contributed by atoms with Crippen molar-refractivity contribution >= 4 is 63.8 Å². The highest BCUT2D eigenvalue weighted by atomic mass is 35.5. The number of ether oxygens (including phenoxy) is 3. The van der Waals surface area contributed by atoms with E-state index in [1.807, 2.05) is 0 Å². The number of rotatable bonds is 7. The fraction of sp³-hybridized carbons (Fsp3) is 0.190. The Bertz CT molecular complexity index is 1030. The molecule has 10 heteroatoms. The summed E-state index contributed by atoms with van der Waals surface area (Å²) in [6, 6.07) is 10.3. The minimum Gasteiger partial charge on any atom is -0.497 e. The summed E-state index contributed by atoms with van der Waals surface area (Å²) in [5.41, 5.74) is 1.28. The molecule has 3 rings (SSSR count). The van der Waals surface area contributed by atoms with Gasteiger partial charge in [-0.1, -0.05) is 23.2 Å². The molecule has 1 N–H and O–H groups in total. The van der Waals surface area contributed by atoms with Gasteiger partial charge in [-0.15, -0.1) is 0 Å². The Morgan fingerprint density at radius 2 is 1.87 bits per heavy atom. The van der Waals surface area contributed by atoms with Crippen LogP contribution in [0.2, 0.25) is 10.0 Å². The number of carbonyl (C=O) groups excluding carboxylic acids is 2. The third kappa shape index (κ3) is 6.16. The minimum atomic E-state index is -0.525. The van der Waals surface area contributed by atoms with Crippen molar-refractivity contribution in [2.45, 2.75) is 6.92 Å². The maximum atomic E-state index is 12.3. The van der Waals surface area contributed by atoms with Gasteiger partial charge in [0.15, 0.2) is 17.5 Å². The topological polar surface area (TPSA) is 86.2 Å². The summed E-state index contributed by atoms with van der Waals surface area (Å²) in [6.45, 7) is 1.64. The van der Waals surface area contributed by atoms with Crippen molar-refractivity contribution in [3.8, 4) is 11.5 Å². The van der Waals surface area contributed by atoms with Gasteiger partial charge in [-0.2, -0.15) is 0 Å². The zero-order chi connectivity index (χ0) is 22.4. The Hall–Kier alpha value is -2.68. The number of methoxy groups -OCH3 is 1. The maximum absolute atomic E-state index is 12.3. The molecule has 1 aliphatic heterocycles. The Labute approximate surface area is 193 Å². The summed E-state index contributed by atoms with van der Waals surface area (Å²) in [6.07, 6.45) is 1.64. The molecule has 7 nitrogen and oxygen atoms in total. The van der Waals surface area contributed by atoms with Crippen LogP contribution < -0.4 is 14.8 Å². The largest absolute Gasteiger partial charge is 0.497 e. The summed E-state index contributed by atoms with van der Waals surface area (Å²) in [7, 11) is 1.59. The third-order valence-corrected chi connectivity index (χ3v) is 5.38. The predicted molar refractivity (Wildman–Crippen MR) is 122 cm³/mol. The van der Waals surface area contributed by atoms with E-state index in [4.69, 9.17) is 37.4 Å². The molecular formula is C21H18Cl2N2O5S. The van der Waals surface area contributed by atoms with Crippen molar-refractivity contribution in [2.75, 3.05) is 20.3 Å². The van der Waals surface area contributed by atoms with Crippen LogP contribution >= 0.6 is 35.0 Å². The molecule has 1 saturated heterocycles. The van der Waals surface area contributed by atoms with E-state index in [9.17, 15) is 9.59 Å². The van der Waals surface area contributed by atoms with E-state index >= 15 is 0 Å². The van der Waals surface area contributed by atoms with Gasteiger partial charge in [-0.3, -0.25) is 4.79 Å². The number of amidine groups is 1. The number of nitrogens with zero attached hydrogens (tertiary/aromatic N) is 1. The van der Waals surface area contributed by atoms with Crippen LogP contribution in [0, 0.1) is 0 Å².